The van der Waals surface area contributed by atoms with E-state index in [1.165, 1.54) is 12.3 Å². The number of carbonyl (C=O) groups excluding carboxylic acids is 1. The molecule has 0 bridgehead atoms. The van der Waals surface area contributed by atoms with Crippen molar-refractivity contribution in [1.29, 1.82) is 0 Å². The lowest BCUT2D eigenvalue weighted by molar-refractivity contribution is 0.0946. The molecule has 3 aromatic heterocycles. The molecule has 0 aromatic carbocycles. The summed E-state index contributed by atoms with van der Waals surface area (Å²) >= 11 is 5.85. The molecule has 0 atom stereocenters. The van der Waals surface area contributed by atoms with E-state index in [0.29, 0.717) is 11.6 Å². The molecule has 0 saturated carbocycles. The molecule has 1 N–H and O–H groups in total. The van der Waals surface area contributed by atoms with Gasteiger partial charge in [0.1, 0.15) is 17.8 Å². The molecule has 22 heavy (non-hydrogen) atoms. The summed E-state index contributed by atoms with van der Waals surface area (Å²) in [7, 11) is 0. The Morgan fingerprint density at radius 2 is 2.05 bits per heavy atom. The van der Waals surface area contributed by atoms with E-state index in [2.05, 4.69) is 20.3 Å². The number of carbonyl (C=O) groups is 1. The second kappa shape index (κ2) is 6.36. The Kier molecular flexibility index (Phi) is 4.11. The highest BCUT2D eigenvalue weighted by Crippen LogP contribution is 2.09. The Labute approximate surface area is 131 Å². The molecule has 0 radical (unpaired) electrons. The van der Waals surface area contributed by atoms with Gasteiger partial charge in [0, 0.05) is 36.4 Å². The summed E-state index contributed by atoms with van der Waals surface area (Å²) in [6.45, 7) is 0.372. The SMILES string of the molecule is O=C(NCc1ccnc(-n2ccnc2)c1)c1cc(Cl)ccn1. The van der Waals surface area contributed by atoms with Crippen molar-refractivity contribution in [2.75, 3.05) is 0 Å². The predicted molar refractivity (Wildman–Crippen MR) is 81.8 cm³/mol. The summed E-state index contributed by atoms with van der Waals surface area (Å²) in [6, 6.07) is 6.87. The highest BCUT2D eigenvalue weighted by molar-refractivity contribution is 6.30. The lowest BCUT2D eigenvalue weighted by Gasteiger charge is -2.07. The van der Waals surface area contributed by atoms with Crippen molar-refractivity contribution in [2.45, 2.75) is 6.54 Å². The minimum atomic E-state index is -0.275. The molecule has 0 unspecified atom stereocenters. The van der Waals surface area contributed by atoms with Crippen LogP contribution in [0.15, 0.2) is 55.4 Å². The van der Waals surface area contributed by atoms with E-state index in [0.717, 1.165) is 11.4 Å². The Morgan fingerprint density at radius 3 is 2.82 bits per heavy atom. The zero-order chi connectivity index (χ0) is 15.4. The zero-order valence-electron chi connectivity index (χ0n) is 11.5. The number of amides is 1. The van der Waals surface area contributed by atoms with Crippen LogP contribution in [0.25, 0.3) is 5.82 Å². The minimum absolute atomic E-state index is 0.275. The zero-order valence-corrected chi connectivity index (χ0v) is 12.2. The minimum Gasteiger partial charge on any atom is -0.347 e. The molecule has 110 valence electrons. The largest absolute Gasteiger partial charge is 0.347 e. The lowest BCUT2D eigenvalue weighted by Crippen LogP contribution is -2.23. The van der Waals surface area contributed by atoms with Crippen LogP contribution in [0.3, 0.4) is 0 Å². The second-order valence-corrected chi connectivity index (χ2v) is 4.97. The maximum atomic E-state index is 12.0. The average molecular weight is 314 g/mol. The number of halogens is 1. The van der Waals surface area contributed by atoms with Crippen molar-refractivity contribution >= 4 is 17.5 Å². The van der Waals surface area contributed by atoms with Crippen LogP contribution in [-0.4, -0.2) is 25.4 Å². The van der Waals surface area contributed by atoms with Crippen LogP contribution in [0.4, 0.5) is 0 Å². The number of hydrogen-bond acceptors (Lipinski definition) is 4. The first kappa shape index (κ1) is 14.2. The van der Waals surface area contributed by atoms with E-state index in [1.54, 1.807) is 35.6 Å². The molecule has 0 aliphatic carbocycles. The molecule has 3 aromatic rings. The Bertz CT molecular complexity index is 788. The molecule has 0 saturated heterocycles. The standard InChI is InChI=1S/C15H12ClN5O/c16-12-2-4-18-13(8-12)15(22)20-9-11-1-3-19-14(7-11)21-6-5-17-10-21/h1-8,10H,9H2,(H,20,22). The van der Waals surface area contributed by atoms with Crippen molar-refractivity contribution in [2.24, 2.45) is 0 Å². The van der Waals surface area contributed by atoms with Crippen LogP contribution in [0.1, 0.15) is 16.1 Å². The van der Waals surface area contributed by atoms with Gasteiger partial charge >= 0.3 is 0 Å². The fourth-order valence-corrected chi connectivity index (χ4v) is 2.07. The normalized spacial score (nSPS) is 10.4. The maximum Gasteiger partial charge on any atom is 0.270 e. The summed E-state index contributed by atoms with van der Waals surface area (Å²) < 4.78 is 1.80. The van der Waals surface area contributed by atoms with Gasteiger partial charge in [-0.2, -0.15) is 0 Å². The Morgan fingerprint density at radius 1 is 1.18 bits per heavy atom. The summed E-state index contributed by atoms with van der Waals surface area (Å²) in [5, 5.41) is 3.28. The van der Waals surface area contributed by atoms with Gasteiger partial charge in [0.25, 0.3) is 5.91 Å². The van der Waals surface area contributed by atoms with Crippen LogP contribution >= 0.6 is 11.6 Å². The lowest BCUT2D eigenvalue weighted by atomic mass is 10.2. The molecule has 1 amide bonds. The first-order valence-corrected chi connectivity index (χ1v) is 6.93. The van der Waals surface area contributed by atoms with Gasteiger partial charge in [-0.3, -0.25) is 14.3 Å². The van der Waals surface area contributed by atoms with Gasteiger partial charge in [-0.1, -0.05) is 11.6 Å². The fraction of sp³-hybridized carbons (Fsp3) is 0.0667. The first-order valence-electron chi connectivity index (χ1n) is 6.55. The Balaban J connectivity index is 1.69. The smallest absolute Gasteiger partial charge is 0.270 e. The average Bonchev–Trinajstić information content (AvgIpc) is 3.07. The number of hydrogen-bond donors (Lipinski definition) is 1. The van der Waals surface area contributed by atoms with E-state index >= 15 is 0 Å². The van der Waals surface area contributed by atoms with Gasteiger partial charge in [0.2, 0.25) is 0 Å². The van der Waals surface area contributed by atoms with Gasteiger partial charge in [0.15, 0.2) is 0 Å². The van der Waals surface area contributed by atoms with E-state index in [-0.39, 0.29) is 11.6 Å². The number of nitrogens with zero attached hydrogens (tertiary/aromatic N) is 4. The number of nitrogens with one attached hydrogen (secondary N) is 1. The van der Waals surface area contributed by atoms with E-state index < -0.39 is 0 Å². The quantitative estimate of drug-likeness (QED) is 0.802. The van der Waals surface area contributed by atoms with Crippen molar-refractivity contribution in [3.63, 3.8) is 0 Å². The number of imidazole rings is 1. The molecule has 3 heterocycles. The van der Waals surface area contributed by atoms with Gasteiger partial charge < -0.3 is 5.32 Å². The first-order chi connectivity index (χ1) is 10.7. The predicted octanol–water partition coefficient (Wildman–Crippen LogP) is 2.25. The van der Waals surface area contributed by atoms with Crippen LogP contribution < -0.4 is 5.32 Å². The fourth-order valence-electron chi connectivity index (χ4n) is 1.91. The van der Waals surface area contributed by atoms with Crippen molar-refractivity contribution in [3.05, 3.63) is 71.7 Å². The van der Waals surface area contributed by atoms with E-state index in [4.69, 9.17) is 11.6 Å². The van der Waals surface area contributed by atoms with Crippen LogP contribution in [0, 0.1) is 0 Å². The molecule has 0 aliphatic rings. The molecular weight excluding hydrogens is 302 g/mol. The second-order valence-electron chi connectivity index (χ2n) is 4.53. The van der Waals surface area contributed by atoms with Crippen molar-refractivity contribution < 1.29 is 4.79 Å². The Hall–Kier alpha value is -2.73. The van der Waals surface area contributed by atoms with E-state index in [1.807, 2.05) is 12.1 Å². The summed E-state index contributed by atoms with van der Waals surface area (Å²) in [5.74, 6) is 0.466. The maximum absolute atomic E-state index is 12.0. The summed E-state index contributed by atoms with van der Waals surface area (Å²) in [6.07, 6.45) is 8.34. The van der Waals surface area contributed by atoms with Crippen LogP contribution in [0.2, 0.25) is 5.02 Å². The highest BCUT2D eigenvalue weighted by atomic mass is 35.5. The van der Waals surface area contributed by atoms with Gasteiger partial charge in [-0.15, -0.1) is 0 Å². The van der Waals surface area contributed by atoms with E-state index in [9.17, 15) is 4.79 Å². The van der Waals surface area contributed by atoms with Crippen LogP contribution in [-0.2, 0) is 6.54 Å². The monoisotopic (exact) mass is 313 g/mol. The van der Waals surface area contributed by atoms with Gasteiger partial charge in [0.05, 0.1) is 0 Å². The number of pyridine rings is 2. The molecule has 0 fully saturated rings. The third-order valence-electron chi connectivity index (χ3n) is 2.99. The molecule has 3 rings (SSSR count). The molecule has 6 nitrogen and oxygen atoms in total. The third kappa shape index (κ3) is 3.29. The highest BCUT2D eigenvalue weighted by Gasteiger charge is 2.07. The summed E-state index contributed by atoms with van der Waals surface area (Å²) in [5.41, 5.74) is 1.21. The number of aromatic nitrogens is 4. The third-order valence-corrected chi connectivity index (χ3v) is 3.22. The van der Waals surface area contributed by atoms with Crippen molar-refractivity contribution in [3.8, 4) is 5.82 Å². The molecular formula is C15H12ClN5O. The molecule has 0 spiro atoms. The number of rotatable bonds is 4. The topological polar surface area (TPSA) is 72.7 Å². The van der Waals surface area contributed by atoms with Gasteiger partial charge in [-0.05, 0) is 29.8 Å². The van der Waals surface area contributed by atoms with Crippen molar-refractivity contribution in [1.82, 2.24) is 24.8 Å². The summed E-state index contributed by atoms with van der Waals surface area (Å²) in [4.78, 5) is 24.3. The van der Waals surface area contributed by atoms with Crippen LogP contribution in [0.5, 0.6) is 0 Å². The van der Waals surface area contributed by atoms with Gasteiger partial charge in [-0.25, -0.2) is 9.97 Å². The molecule has 0 aliphatic heterocycles. The molecule has 7 heteroatoms.